The summed E-state index contributed by atoms with van der Waals surface area (Å²) in [5.41, 5.74) is 2.00. The van der Waals surface area contributed by atoms with Gasteiger partial charge in [0.15, 0.2) is 14.6 Å². The highest BCUT2D eigenvalue weighted by molar-refractivity contribution is 6.69. The fourth-order valence-electron chi connectivity index (χ4n) is 3.34. The number of hydrogen-bond acceptors (Lipinski definition) is 4. The standard InChI is InChI=1S/C22H32ClNO4Si/c1-7-26-22(25)24-14-18(16(2)3)13-20(24)21(28-29(4,5)6)27-15-19(23)17-11-9-8-10-12-17/h7-12,18-21H,1-2,13-15H2,3-6H3/t18-,19?,20-,21?/m1/s1. The van der Waals surface area contributed by atoms with Crippen LogP contribution in [0.15, 0.2) is 55.3 Å². The van der Waals surface area contributed by atoms with E-state index in [0.717, 1.165) is 17.4 Å². The van der Waals surface area contributed by atoms with Crippen LogP contribution >= 0.6 is 11.6 Å². The van der Waals surface area contributed by atoms with E-state index in [1.807, 2.05) is 37.3 Å². The van der Waals surface area contributed by atoms with Crippen molar-refractivity contribution in [3.63, 3.8) is 0 Å². The minimum absolute atomic E-state index is 0.162. The Bertz CT molecular complexity index is 707. The second-order valence-electron chi connectivity index (χ2n) is 8.36. The molecule has 0 spiro atoms. The normalized spacial score (nSPS) is 21.5. The highest BCUT2D eigenvalue weighted by Gasteiger charge is 2.43. The molecule has 1 aromatic carbocycles. The van der Waals surface area contributed by atoms with E-state index in [2.05, 4.69) is 32.8 Å². The summed E-state index contributed by atoms with van der Waals surface area (Å²) in [6, 6.07) is 9.50. The maximum absolute atomic E-state index is 12.5. The minimum atomic E-state index is -1.96. The van der Waals surface area contributed by atoms with Gasteiger partial charge in [0.25, 0.3) is 0 Å². The van der Waals surface area contributed by atoms with E-state index in [0.29, 0.717) is 13.0 Å². The van der Waals surface area contributed by atoms with Crippen LogP contribution in [0.25, 0.3) is 0 Å². The third-order valence-corrected chi connectivity index (χ3v) is 6.13. The van der Waals surface area contributed by atoms with Crippen LogP contribution < -0.4 is 0 Å². The van der Waals surface area contributed by atoms with Crippen LogP contribution in [0.3, 0.4) is 0 Å². The third-order valence-electron chi connectivity index (χ3n) is 4.81. The van der Waals surface area contributed by atoms with E-state index >= 15 is 0 Å². The van der Waals surface area contributed by atoms with Gasteiger partial charge in [-0.25, -0.2) is 4.79 Å². The number of carbonyl (C=O) groups is 1. The number of ether oxygens (including phenoxy) is 2. The minimum Gasteiger partial charge on any atom is -0.419 e. The Balaban J connectivity index is 2.20. The topological polar surface area (TPSA) is 48.0 Å². The van der Waals surface area contributed by atoms with Crippen LogP contribution in [0, 0.1) is 5.92 Å². The summed E-state index contributed by atoms with van der Waals surface area (Å²) in [5.74, 6) is 0.162. The van der Waals surface area contributed by atoms with Gasteiger partial charge in [-0.1, -0.05) is 49.1 Å². The van der Waals surface area contributed by atoms with Gasteiger partial charge < -0.3 is 13.9 Å². The van der Waals surface area contributed by atoms with Gasteiger partial charge in [-0.15, -0.1) is 11.6 Å². The summed E-state index contributed by atoms with van der Waals surface area (Å²) in [6.45, 7) is 16.6. The Kier molecular flexibility index (Phi) is 8.52. The van der Waals surface area contributed by atoms with Gasteiger partial charge in [0.1, 0.15) is 0 Å². The molecule has 0 N–H and O–H groups in total. The Morgan fingerprint density at radius 2 is 2.00 bits per heavy atom. The van der Waals surface area contributed by atoms with Crippen molar-refractivity contribution in [1.29, 1.82) is 0 Å². The first-order valence-electron chi connectivity index (χ1n) is 9.84. The fourth-order valence-corrected chi connectivity index (χ4v) is 4.48. The molecule has 1 aromatic rings. The molecule has 1 heterocycles. The molecule has 1 amide bonds. The molecular formula is C22H32ClNO4Si. The van der Waals surface area contributed by atoms with Crippen LogP contribution in [0.1, 0.15) is 24.3 Å². The summed E-state index contributed by atoms with van der Waals surface area (Å²) in [7, 11) is -1.96. The summed E-state index contributed by atoms with van der Waals surface area (Å²) >= 11 is 6.55. The maximum atomic E-state index is 12.5. The molecule has 5 nitrogen and oxygen atoms in total. The van der Waals surface area contributed by atoms with Crippen molar-refractivity contribution < 1.29 is 18.7 Å². The molecule has 0 saturated carbocycles. The zero-order chi connectivity index (χ0) is 21.6. The molecule has 1 saturated heterocycles. The zero-order valence-electron chi connectivity index (χ0n) is 17.8. The monoisotopic (exact) mass is 437 g/mol. The molecule has 160 valence electrons. The van der Waals surface area contributed by atoms with Crippen molar-refractivity contribution in [1.82, 2.24) is 4.90 Å². The molecule has 4 atom stereocenters. The number of rotatable bonds is 9. The lowest BCUT2D eigenvalue weighted by Crippen LogP contribution is -2.48. The van der Waals surface area contributed by atoms with Gasteiger partial charge in [-0.3, -0.25) is 4.90 Å². The number of likely N-dealkylation sites (tertiary alicyclic amines) is 1. The predicted molar refractivity (Wildman–Crippen MR) is 119 cm³/mol. The molecular weight excluding hydrogens is 406 g/mol. The van der Waals surface area contributed by atoms with Crippen LogP contribution in [0.4, 0.5) is 4.79 Å². The van der Waals surface area contributed by atoms with Crippen LogP contribution in [0.5, 0.6) is 0 Å². The lowest BCUT2D eigenvalue weighted by atomic mass is 9.99. The van der Waals surface area contributed by atoms with E-state index in [1.54, 1.807) is 4.90 Å². The van der Waals surface area contributed by atoms with Gasteiger partial charge in [-0.2, -0.15) is 0 Å². The van der Waals surface area contributed by atoms with Crippen molar-refractivity contribution in [2.45, 2.75) is 50.7 Å². The second-order valence-corrected chi connectivity index (χ2v) is 13.3. The number of hydrogen-bond donors (Lipinski definition) is 0. The third kappa shape index (κ3) is 6.99. The van der Waals surface area contributed by atoms with Crippen molar-refractivity contribution in [3.05, 3.63) is 60.9 Å². The smallest absolute Gasteiger partial charge is 0.415 e. The largest absolute Gasteiger partial charge is 0.419 e. The molecule has 0 bridgehead atoms. The van der Waals surface area contributed by atoms with Crippen LogP contribution in [-0.4, -0.2) is 44.8 Å². The van der Waals surface area contributed by atoms with E-state index in [4.69, 9.17) is 25.5 Å². The van der Waals surface area contributed by atoms with E-state index in [1.165, 1.54) is 0 Å². The number of alkyl halides is 1. The molecule has 7 heteroatoms. The quantitative estimate of drug-likeness (QED) is 0.163. The van der Waals surface area contributed by atoms with Gasteiger partial charge in [0.05, 0.1) is 24.3 Å². The molecule has 0 aliphatic carbocycles. The molecule has 0 radical (unpaired) electrons. The average molecular weight is 438 g/mol. The van der Waals surface area contributed by atoms with Gasteiger partial charge in [0.2, 0.25) is 0 Å². The van der Waals surface area contributed by atoms with Gasteiger partial charge >= 0.3 is 6.09 Å². The maximum Gasteiger partial charge on any atom is 0.415 e. The van der Waals surface area contributed by atoms with Crippen molar-refractivity contribution in [2.24, 2.45) is 5.92 Å². The first kappa shape index (κ1) is 23.7. The molecule has 2 rings (SSSR count). The zero-order valence-corrected chi connectivity index (χ0v) is 19.5. The fraction of sp³-hybridized carbons (Fsp3) is 0.500. The van der Waals surface area contributed by atoms with Crippen molar-refractivity contribution in [2.75, 3.05) is 13.2 Å². The SMILES string of the molecule is C=COC(=O)N1C[C@H](C(=C)C)C[C@@H]1C(OCC(Cl)c1ccccc1)O[Si](C)(C)C. The van der Waals surface area contributed by atoms with E-state index in [-0.39, 0.29) is 23.9 Å². The second kappa shape index (κ2) is 10.4. The molecule has 0 aromatic heterocycles. The molecule has 1 fully saturated rings. The van der Waals surface area contributed by atoms with Crippen molar-refractivity contribution >= 4 is 26.0 Å². The highest BCUT2D eigenvalue weighted by atomic mass is 35.5. The average Bonchev–Trinajstić information content (AvgIpc) is 3.11. The summed E-state index contributed by atoms with van der Waals surface area (Å²) in [5, 5.41) is -0.309. The van der Waals surface area contributed by atoms with E-state index < -0.39 is 20.7 Å². The summed E-state index contributed by atoms with van der Waals surface area (Å²) in [6.07, 6.45) is 0.808. The Hall–Kier alpha value is -1.60. The summed E-state index contributed by atoms with van der Waals surface area (Å²) in [4.78, 5) is 14.2. The molecule has 29 heavy (non-hydrogen) atoms. The first-order valence-corrected chi connectivity index (χ1v) is 13.7. The molecule has 2 unspecified atom stereocenters. The predicted octanol–water partition coefficient (Wildman–Crippen LogP) is 5.71. The lowest BCUT2D eigenvalue weighted by molar-refractivity contribution is -0.121. The molecule has 1 aliphatic heterocycles. The number of carbonyl (C=O) groups excluding carboxylic acids is 1. The highest BCUT2D eigenvalue weighted by Crippen LogP contribution is 2.33. The van der Waals surface area contributed by atoms with Gasteiger partial charge in [0, 0.05) is 6.54 Å². The molecule has 1 aliphatic rings. The number of halogens is 1. The van der Waals surface area contributed by atoms with Gasteiger partial charge in [-0.05, 0) is 44.5 Å². The lowest BCUT2D eigenvalue weighted by Gasteiger charge is -2.35. The number of amides is 1. The van der Waals surface area contributed by atoms with Crippen molar-refractivity contribution in [3.8, 4) is 0 Å². The van der Waals surface area contributed by atoms with E-state index in [9.17, 15) is 4.79 Å². The Morgan fingerprint density at radius 3 is 2.55 bits per heavy atom. The number of nitrogens with zero attached hydrogens (tertiary/aromatic N) is 1. The van der Waals surface area contributed by atoms with Crippen LogP contribution in [-0.2, 0) is 13.9 Å². The Morgan fingerprint density at radius 1 is 1.34 bits per heavy atom. The summed E-state index contributed by atoms with van der Waals surface area (Å²) < 4.78 is 17.6. The first-order chi connectivity index (χ1) is 13.6. The Labute approximate surface area is 180 Å². The van der Waals surface area contributed by atoms with Crippen LogP contribution in [0.2, 0.25) is 19.6 Å². The number of benzene rings is 1.